The summed E-state index contributed by atoms with van der Waals surface area (Å²) in [5.74, 6) is 0. The number of hydrogen-bond donors (Lipinski definition) is 1. The van der Waals surface area contributed by atoms with Crippen LogP contribution in [0.1, 0.15) is 18.0 Å². The van der Waals surface area contributed by atoms with E-state index in [-0.39, 0.29) is 6.04 Å². The van der Waals surface area contributed by atoms with E-state index in [4.69, 9.17) is 16.7 Å². The molecule has 108 valence electrons. The maximum absolute atomic E-state index is 6.06. The highest BCUT2D eigenvalue weighted by Gasteiger charge is 2.15. The second-order valence-corrected chi connectivity index (χ2v) is 5.57. The van der Waals surface area contributed by atoms with E-state index >= 15 is 0 Å². The summed E-state index contributed by atoms with van der Waals surface area (Å²) in [5.41, 5.74) is 2.25. The standard InChI is InChI=1S/C17H18ClN3/c1-19-10-9-17(13-5-3-2-4-6-13)21-12-14-11-15(18)7-8-16(14)20-21/h2-8,11-12,17,19H,9-10H2,1H3. The van der Waals surface area contributed by atoms with E-state index in [2.05, 4.69) is 35.8 Å². The molecule has 4 heteroatoms. The van der Waals surface area contributed by atoms with Crippen LogP contribution in [0.5, 0.6) is 0 Å². The Morgan fingerprint density at radius 2 is 2.00 bits per heavy atom. The molecule has 0 aliphatic rings. The first-order valence-electron chi connectivity index (χ1n) is 7.12. The van der Waals surface area contributed by atoms with Crippen LogP contribution in [0.25, 0.3) is 10.9 Å². The molecule has 3 nitrogen and oxygen atoms in total. The van der Waals surface area contributed by atoms with Crippen molar-refractivity contribution in [1.29, 1.82) is 0 Å². The number of rotatable bonds is 5. The lowest BCUT2D eigenvalue weighted by atomic mass is 10.0. The van der Waals surface area contributed by atoms with Crippen LogP contribution in [0.3, 0.4) is 0 Å². The first-order valence-corrected chi connectivity index (χ1v) is 7.49. The maximum atomic E-state index is 6.06. The summed E-state index contributed by atoms with van der Waals surface area (Å²) < 4.78 is 2.05. The average molecular weight is 300 g/mol. The number of benzene rings is 2. The molecular formula is C17H18ClN3. The zero-order valence-electron chi connectivity index (χ0n) is 12.0. The summed E-state index contributed by atoms with van der Waals surface area (Å²) in [6.07, 6.45) is 3.07. The summed E-state index contributed by atoms with van der Waals surface area (Å²) >= 11 is 6.06. The van der Waals surface area contributed by atoms with Gasteiger partial charge in [0.15, 0.2) is 0 Å². The van der Waals surface area contributed by atoms with Gasteiger partial charge in [0.1, 0.15) is 0 Å². The molecule has 3 aromatic rings. The van der Waals surface area contributed by atoms with E-state index in [0.717, 1.165) is 28.9 Å². The first-order chi connectivity index (χ1) is 10.3. The van der Waals surface area contributed by atoms with E-state index < -0.39 is 0 Å². The topological polar surface area (TPSA) is 29.9 Å². The van der Waals surface area contributed by atoms with Crippen LogP contribution in [-0.4, -0.2) is 23.4 Å². The summed E-state index contributed by atoms with van der Waals surface area (Å²) in [5, 5.41) is 9.75. The van der Waals surface area contributed by atoms with Crippen LogP contribution in [0, 0.1) is 0 Å². The minimum Gasteiger partial charge on any atom is -0.320 e. The number of nitrogens with zero attached hydrogens (tertiary/aromatic N) is 2. The Morgan fingerprint density at radius 3 is 2.76 bits per heavy atom. The van der Waals surface area contributed by atoms with Crippen molar-refractivity contribution in [2.45, 2.75) is 12.5 Å². The van der Waals surface area contributed by atoms with Crippen molar-refractivity contribution in [2.75, 3.05) is 13.6 Å². The van der Waals surface area contributed by atoms with Gasteiger partial charge in [-0.3, -0.25) is 4.68 Å². The van der Waals surface area contributed by atoms with Gasteiger partial charge in [0.05, 0.1) is 11.6 Å². The molecule has 0 radical (unpaired) electrons. The molecule has 0 saturated carbocycles. The zero-order valence-corrected chi connectivity index (χ0v) is 12.7. The Morgan fingerprint density at radius 1 is 1.19 bits per heavy atom. The lowest BCUT2D eigenvalue weighted by Crippen LogP contribution is -2.18. The smallest absolute Gasteiger partial charge is 0.0924 e. The van der Waals surface area contributed by atoms with Gasteiger partial charge in [0.25, 0.3) is 0 Å². The minimum atomic E-state index is 0.227. The predicted molar refractivity (Wildman–Crippen MR) is 87.9 cm³/mol. The molecular weight excluding hydrogens is 282 g/mol. The molecule has 0 aliphatic carbocycles. The second-order valence-electron chi connectivity index (χ2n) is 5.13. The van der Waals surface area contributed by atoms with Crippen molar-refractivity contribution in [2.24, 2.45) is 0 Å². The van der Waals surface area contributed by atoms with Crippen molar-refractivity contribution in [3.8, 4) is 0 Å². The summed E-state index contributed by atoms with van der Waals surface area (Å²) in [7, 11) is 1.97. The van der Waals surface area contributed by atoms with Crippen molar-refractivity contribution >= 4 is 22.5 Å². The third-order valence-corrected chi connectivity index (χ3v) is 3.89. The Hall–Kier alpha value is -1.84. The fourth-order valence-corrected chi connectivity index (χ4v) is 2.76. The van der Waals surface area contributed by atoms with Crippen molar-refractivity contribution in [3.63, 3.8) is 0 Å². The molecule has 1 aromatic heterocycles. The highest BCUT2D eigenvalue weighted by molar-refractivity contribution is 6.31. The number of halogens is 1. The zero-order chi connectivity index (χ0) is 14.7. The molecule has 1 heterocycles. The first kappa shape index (κ1) is 14.1. The minimum absolute atomic E-state index is 0.227. The fraction of sp³-hybridized carbons (Fsp3) is 0.235. The van der Waals surface area contributed by atoms with Gasteiger partial charge in [-0.1, -0.05) is 41.9 Å². The molecule has 0 amide bonds. The molecule has 1 unspecified atom stereocenters. The molecule has 0 spiro atoms. The van der Waals surface area contributed by atoms with Gasteiger partial charge in [-0.15, -0.1) is 0 Å². The van der Waals surface area contributed by atoms with Crippen molar-refractivity contribution in [1.82, 2.24) is 15.1 Å². The molecule has 0 aliphatic heterocycles. The summed E-state index contributed by atoms with van der Waals surface area (Å²) in [6, 6.07) is 16.5. The van der Waals surface area contributed by atoms with Gasteiger partial charge >= 0.3 is 0 Å². The van der Waals surface area contributed by atoms with Crippen molar-refractivity contribution < 1.29 is 0 Å². The van der Waals surface area contributed by atoms with Gasteiger partial charge in [-0.2, -0.15) is 5.10 Å². The fourth-order valence-electron chi connectivity index (χ4n) is 2.58. The number of aromatic nitrogens is 2. The van der Waals surface area contributed by atoms with Gasteiger partial charge in [0, 0.05) is 16.6 Å². The summed E-state index contributed by atoms with van der Waals surface area (Å²) in [6.45, 7) is 0.941. The number of fused-ring (bicyclic) bond motifs is 1. The molecule has 0 bridgehead atoms. The normalized spacial score (nSPS) is 12.7. The third kappa shape index (κ3) is 3.09. The molecule has 21 heavy (non-hydrogen) atoms. The molecule has 1 atom stereocenters. The maximum Gasteiger partial charge on any atom is 0.0924 e. The van der Waals surface area contributed by atoms with E-state index in [0.29, 0.717) is 0 Å². The van der Waals surface area contributed by atoms with Crippen LogP contribution < -0.4 is 5.32 Å². The largest absolute Gasteiger partial charge is 0.320 e. The Balaban J connectivity index is 2.01. The lowest BCUT2D eigenvalue weighted by molar-refractivity contribution is 0.484. The van der Waals surface area contributed by atoms with Crippen molar-refractivity contribution in [3.05, 3.63) is 65.3 Å². The van der Waals surface area contributed by atoms with E-state index in [1.54, 1.807) is 0 Å². The SMILES string of the molecule is CNCCC(c1ccccc1)n1cc2cc(Cl)ccc2n1. The van der Waals surface area contributed by atoms with Gasteiger partial charge in [-0.25, -0.2) is 0 Å². The van der Waals surface area contributed by atoms with Crippen LogP contribution in [0.15, 0.2) is 54.7 Å². The molecule has 3 rings (SSSR count). The highest BCUT2D eigenvalue weighted by Crippen LogP contribution is 2.25. The predicted octanol–water partition coefficient (Wildman–Crippen LogP) is 3.89. The third-order valence-electron chi connectivity index (χ3n) is 3.66. The Bertz CT molecular complexity index is 721. The van der Waals surface area contributed by atoms with Crippen LogP contribution >= 0.6 is 11.6 Å². The Kier molecular flexibility index (Phi) is 4.23. The monoisotopic (exact) mass is 299 g/mol. The second kappa shape index (κ2) is 6.29. The molecule has 2 aromatic carbocycles. The summed E-state index contributed by atoms with van der Waals surface area (Å²) in [4.78, 5) is 0. The number of nitrogens with one attached hydrogen (secondary N) is 1. The van der Waals surface area contributed by atoms with E-state index in [9.17, 15) is 0 Å². The van der Waals surface area contributed by atoms with Crippen LogP contribution in [0.4, 0.5) is 0 Å². The molecule has 1 N–H and O–H groups in total. The molecule has 0 saturated heterocycles. The van der Waals surface area contributed by atoms with E-state index in [1.165, 1.54) is 5.56 Å². The lowest BCUT2D eigenvalue weighted by Gasteiger charge is -2.17. The van der Waals surface area contributed by atoms with Gasteiger partial charge in [0.2, 0.25) is 0 Å². The number of hydrogen-bond acceptors (Lipinski definition) is 2. The highest BCUT2D eigenvalue weighted by atomic mass is 35.5. The van der Waals surface area contributed by atoms with Crippen LogP contribution in [-0.2, 0) is 0 Å². The van der Waals surface area contributed by atoms with Crippen LogP contribution in [0.2, 0.25) is 5.02 Å². The Labute approximate surface area is 129 Å². The quantitative estimate of drug-likeness (QED) is 0.774. The van der Waals surface area contributed by atoms with Gasteiger partial charge < -0.3 is 5.32 Å². The average Bonchev–Trinajstić information content (AvgIpc) is 2.91. The molecule has 0 fully saturated rings. The van der Waals surface area contributed by atoms with E-state index in [1.807, 2.05) is 36.0 Å². The van der Waals surface area contributed by atoms with Gasteiger partial charge in [-0.05, 0) is 43.8 Å².